The minimum atomic E-state index is -3.35. The summed E-state index contributed by atoms with van der Waals surface area (Å²) < 4.78 is 25.6. The summed E-state index contributed by atoms with van der Waals surface area (Å²) >= 11 is 0. The Labute approximate surface area is 96.4 Å². The van der Waals surface area contributed by atoms with Crippen molar-refractivity contribution < 1.29 is 13.5 Å². The number of phenols is 1. The normalized spacial score (nSPS) is 11.4. The summed E-state index contributed by atoms with van der Waals surface area (Å²) in [5.41, 5.74) is 1.14. The second kappa shape index (κ2) is 5.21. The van der Waals surface area contributed by atoms with Gasteiger partial charge in [0.25, 0.3) is 0 Å². The Hall–Kier alpha value is -1.23. The van der Waals surface area contributed by atoms with E-state index in [0.29, 0.717) is 6.42 Å². The number of aromatic hydroxyl groups is 1. The highest BCUT2D eigenvalue weighted by atomic mass is 32.2. The monoisotopic (exact) mass is 243 g/mol. The molecule has 0 aromatic heterocycles. The van der Waals surface area contributed by atoms with E-state index in [0.717, 1.165) is 12.0 Å². The lowest BCUT2D eigenvalue weighted by Gasteiger charge is -2.09. The molecule has 0 saturated heterocycles. The summed E-state index contributed by atoms with van der Waals surface area (Å²) in [6, 6.07) is 4.81. The van der Waals surface area contributed by atoms with E-state index in [2.05, 4.69) is 4.72 Å². The van der Waals surface area contributed by atoms with E-state index in [4.69, 9.17) is 0 Å². The first kappa shape index (κ1) is 12.8. The molecule has 0 aliphatic carbocycles. The molecule has 90 valence electrons. The number of nitrogens with one attached hydrogen (secondary N) is 1. The molecule has 2 N–H and O–H groups in total. The number of rotatable bonds is 5. The van der Waals surface area contributed by atoms with Crippen molar-refractivity contribution in [1.82, 2.24) is 0 Å². The average Bonchev–Trinajstić information content (AvgIpc) is 2.20. The Bertz CT molecular complexity index is 454. The molecule has 16 heavy (non-hydrogen) atoms. The Morgan fingerprint density at radius 1 is 1.38 bits per heavy atom. The maximum Gasteiger partial charge on any atom is 0.232 e. The van der Waals surface area contributed by atoms with Gasteiger partial charge in [0.15, 0.2) is 0 Å². The number of hydrogen-bond acceptors (Lipinski definition) is 3. The van der Waals surface area contributed by atoms with E-state index in [1.807, 2.05) is 13.8 Å². The molecule has 0 atom stereocenters. The fourth-order valence-electron chi connectivity index (χ4n) is 1.28. The first-order valence-electron chi connectivity index (χ1n) is 5.24. The molecule has 0 heterocycles. The van der Waals surface area contributed by atoms with Gasteiger partial charge in [-0.1, -0.05) is 19.4 Å². The van der Waals surface area contributed by atoms with Gasteiger partial charge in [0.05, 0.1) is 11.4 Å². The van der Waals surface area contributed by atoms with E-state index in [1.54, 1.807) is 12.1 Å². The van der Waals surface area contributed by atoms with Crippen LogP contribution in [0.1, 0.15) is 25.3 Å². The Morgan fingerprint density at radius 3 is 2.69 bits per heavy atom. The first-order valence-corrected chi connectivity index (χ1v) is 6.90. The topological polar surface area (TPSA) is 66.4 Å². The van der Waals surface area contributed by atoms with Crippen molar-refractivity contribution in [3.63, 3.8) is 0 Å². The molecule has 0 radical (unpaired) electrons. The third-order valence-corrected chi connectivity index (χ3v) is 3.54. The summed E-state index contributed by atoms with van der Waals surface area (Å²) in [6.07, 6.45) is 1.43. The lowest BCUT2D eigenvalue weighted by molar-refractivity contribution is 0.477. The molecule has 0 fully saturated rings. The van der Waals surface area contributed by atoms with Crippen LogP contribution >= 0.6 is 0 Å². The molecule has 4 nitrogen and oxygen atoms in total. The number of anilines is 1. The van der Waals surface area contributed by atoms with Gasteiger partial charge in [-0.2, -0.15) is 0 Å². The van der Waals surface area contributed by atoms with E-state index in [-0.39, 0.29) is 17.2 Å². The highest BCUT2D eigenvalue weighted by molar-refractivity contribution is 7.92. The van der Waals surface area contributed by atoms with Gasteiger partial charge < -0.3 is 5.11 Å². The fourth-order valence-corrected chi connectivity index (χ4v) is 2.55. The quantitative estimate of drug-likeness (QED) is 0.779. The van der Waals surface area contributed by atoms with Gasteiger partial charge >= 0.3 is 0 Å². The van der Waals surface area contributed by atoms with Gasteiger partial charge in [-0.05, 0) is 31.0 Å². The number of sulfonamides is 1. The number of unbranched alkanes of at least 4 members (excludes halogenated alkanes) is 1. The van der Waals surface area contributed by atoms with Crippen LogP contribution in [0.4, 0.5) is 5.69 Å². The average molecular weight is 243 g/mol. The van der Waals surface area contributed by atoms with Gasteiger partial charge in [0.2, 0.25) is 10.0 Å². The van der Waals surface area contributed by atoms with Crippen molar-refractivity contribution in [3.05, 3.63) is 23.8 Å². The third-order valence-electron chi connectivity index (χ3n) is 2.18. The summed E-state index contributed by atoms with van der Waals surface area (Å²) in [7, 11) is -3.35. The smallest absolute Gasteiger partial charge is 0.232 e. The predicted molar refractivity (Wildman–Crippen MR) is 65.2 cm³/mol. The molecular weight excluding hydrogens is 226 g/mol. The van der Waals surface area contributed by atoms with Crippen LogP contribution in [0.5, 0.6) is 5.75 Å². The SMILES string of the molecule is CCCCS(=O)(=O)Nc1cc(C)ccc1O. The van der Waals surface area contributed by atoms with Crippen LogP contribution in [-0.2, 0) is 10.0 Å². The summed E-state index contributed by atoms with van der Waals surface area (Å²) in [6.45, 7) is 3.77. The van der Waals surface area contributed by atoms with Crippen LogP contribution in [0, 0.1) is 6.92 Å². The number of aryl methyl sites for hydroxylation is 1. The maximum absolute atomic E-state index is 11.6. The van der Waals surface area contributed by atoms with Crippen molar-refractivity contribution in [2.45, 2.75) is 26.7 Å². The summed E-state index contributed by atoms with van der Waals surface area (Å²) in [5.74, 6) is 0.0299. The number of hydrogen-bond donors (Lipinski definition) is 2. The van der Waals surface area contributed by atoms with E-state index in [9.17, 15) is 13.5 Å². The standard InChI is InChI=1S/C11H17NO3S/c1-3-4-7-16(14,15)12-10-8-9(2)5-6-11(10)13/h5-6,8,12-13H,3-4,7H2,1-2H3. The molecule has 0 saturated carbocycles. The molecule has 0 aliphatic heterocycles. The molecule has 0 bridgehead atoms. The Kier molecular flexibility index (Phi) is 4.18. The van der Waals surface area contributed by atoms with Crippen LogP contribution in [-0.4, -0.2) is 19.3 Å². The number of benzene rings is 1. The third kappa shape index (κ3) is 3.73. The highest BCUT2D eigenvalue weighted by Crippen LogP contribution is 2.25. The molecule has 0 unspecified atom stereocenters. The van der Waals surface area contributed by atoms with Crippen molar-refractivity contribution in [2.24, 2.45) is 0 Å². The van der Waals surface area contributed by atoms with Gasteiger partial charge in [0.1, 0.15) is 5.75 Å². The molecular formula is C11H17NO3S. The summed E-state index contributed by atoms with van der Waals surface area (Å²) in [5, 5.41) is 9.50. The largest absolute Gasteiger partial charge is 0.506 e. The van der Waals surface area contributed by atoms with E-state index < -0.39 is 10.0 Å². The van der Waals surface area contributed by atoms with Crippen molar-refractivity contribution in [1.29, 1.82) is 0 Å². The zero-order chi connectivity index (χ0) is 12.2. The van der Waals surface area contributed by atoms with Crippen LogP contribution in [0.25, 0.3) is 0 Å². The molecule has 1 aromatic rings. The van der Waals surface area contributed by atoms with Crippen molar-refractivity contribution in [3.8, 4) is 5.75 Å². The minimum absolute atomic E-state index is 0.0503. The van der Waals surface area contributed by atoms with Crippen LogP contribution in [0.2, 0.25) is 0 Å². The zero-order valence-corrected chi connectivity index (χ0v) is 10.3. The van der Waals surface area contributed by atoms with E-state index >= 15 is 0 Å². The first-order chi connectivity index (χ1) is 7.44. The molecule has 0 spiro atoms. The highest BCUT2D eigenvalue weighted by Gasteiger charge is 2.12. The second-order valence-electron chi connectivity index (χ2n) is 3.80. The van der Waals surface area contributed by atoms with Crippen LogP contribution in [0.15, 0.2) is 18.2 Å². The van der Waals surface area contributed by atoms with Gasteiger partial charge in [0, 0.05) is 0 Å². The maximum atomic E-state index is 11.6. The van der Waals surface area contributed by atoms with Crippen LogP contribution < -0.4 is 4.72 Å². The van der Waals surface area contributed by atoms with Gasteiger partial charge in [-0.25, -0.2) is 8.42 Å². The van der Waals surface area contributed by atoms with Gasteiger partial charge in [-0.15, -0.1) is 0 Å². The van der Waals surface area contributed by atoms with Gasteiger partial charge in [-0.3, -0.25) is 4.72 Å². The molecule has 1 aromatic carbocycles. The second-order valence-corrected chi connectivity index (χ2v) is 5.64. The Morgan fingerprint density at radius 2 is 2.06 bits per heavy atom. The lowest BCUT2D eigenvalue weighted by atomic mass is 10.2. The van der Waals surface area contributed by atoms with Crippen molar-refractivity contribution in [2.75, 3.05) is 10.5 Å². The molecule has 0 amide bonds. The molecule has 0 aliphatic rings. The Balaban J connectivity index is 2.83. The zero-order valence-electron chi connectivity index (χ0n) is 9.53. The minimum Gasteiger partial charge on any atom is -0.506 e. The van der Waals surface area contributed by atoms with Crippen molar-refractivity contribution >= 4 is 15.7 Å². The summed E-state index contributed by atoms with van der Waals surface area (Å²) in [4.78, 5) is 0. The fraction of sp³-hybridized carbons (Fsp3) is 0.455. The van der Waals surface area contributed by atoms with E-state index in [1.165, 1.54) is 6.07 Å². The predicted octanol–water partition coefficient (Wildman–Crippen LogP) is 2.24. The lowest BCUT2D eigenvalue weighted by Crippen LogP contribution is -2.16. The molecule has 1 rings (SSSR count). The number of phenolic OH excluding ortho intramolecular Hbond substituents is 1. The van der Waals surface area contributed by atoms with Crippen LogP contribution in [0.3, 0.4) is 0 Å². The molecule has 5 heteroatoms.